The molecule has 1 amide bonds. The van der Waals surface area contributed by atoms with E-state index in [0.29, 0.717) is 29.6 Å². The summed E-state index contributed by atoms with van der Waals surface area (Å²) in [5.41, 5.74) is 0.379. The van der Waals surface area contributed by atoms with Crippen molar-refractivity contribution in [2.75, 3.05) is 24.0 Å². The quantitative estimate of drug-likeness (QED) is 0.588. The minimum atomic E-state index is -3.95. The first kappa shape index (κ1) is 22.0. The van der Waals surface area contributed by atoms with Gasteiger partial charge in [0.25, 0.3) is 10.0 Å². The zero-order valence-corrected chi connectivity index (χ0v) is 17.6. The molecule has 0 spiro atoms. The normalized spacial score (nSPS) is 11.1. The number of benzene rings is 2. The molecule has 28 heavy (non-hydrogen) atoms. The van der Waals surface area contributed by atoms with Crippen molar-refractivity contribution in [2.24, 2.45) is 0 Å². The summed E-state index contributed by atoms with van der Waals surface area (Å²) >= 11 is 5.87. The van der Waals surface area contributed by atoms with Crippen LogP contribution in [-0.2, 0) is 14.8 Å². The molecule has 0 unspecified atom stereocenters. The van der Waals surface area contributed by atoms with E-state index in [1.165, 1.54) is 24.3 Å². The molecule has 0 aliphatic carbocycles. The number of rotatable bonds is 10. The second kappa shape index (κ2) is 10.3. The fourth-order valence-corrected chi connectivity index (χ4v) is 4.06. The van der Waals surface area contributed by atoms with Crippen LogP contribution in [0.4, 0.5) is 5.69 Å². The molecule has 1 N–H and O–H groups in total. The summed E-state index contributed by atoms with van der Waals surface area (Å²) in [6.07, 6.45) is 1.77. The Hall–Kier alpha value is -2.25. The molecule has 0 radical (unpaired) electrons. The predicted octanol–water partition coefficient (Wildman–Crippen LogP) is 3.85. The first-order valence-electron chi connectivity index (χ1n) is 9.16. The van der Waals surface area contributed by atoms with E-state index in [4.69, 9.17) is 16.3 Å². The van der Waals surface area contributed by atoms with Crippen molar-refractivity contribution in [2.45, 2.75) is 31.6 Å². The van der Waals surface area contributed by atoms with E-state index in [1.54, 1.807) is 24.3 Å². The summed E-state index contributed by atoms with van der Waals surface area (Å²) in [4.78, 5) is 12.4. The van der Waals surface area contributed by atoms with Crippen LogP contribution in [0.25, 0.3) is 0 Å². The monoisotopic (exact) mass is 424 g/mol. The second-order valence-corrected chi connectivity index (χ2v) is 8.39. The maximum Gasteiger partial charge on any atom is 0.264 e. The molecule has 2 rings (SSSR count). The smallest absolute Gasteiger partial charge is 0.264 e. The highest BCUT2D eigenvalue weighted by Gasteiger charge is 2.27. The van der Waals surface area contributed by atoms with Crippen molar-refractivity contribution in [1.82, 2.24) is 5.32 Å². The third-order valence-electron chi connectivity index (χ3n) is 3.98. The fraction of sp³-hybridized carbons (Fsp3) is 0.350. The van der Waals surface area contributed by atoms with Crippen LogP contribution in [0.5, 0.6) is 5.75 Å². The number of hydrogen-bond donors (Lipinski definition) is 1. The highest BCUT2D eigenvalue weighted by Crippen LogP contribution is 2.26. The number of nitrogens with zero attached hydrogens (tertiary/aromatic N) is 1. The van der Waals surface area contributed by atoms with Gasteiger partial charge in [-0.3, -0.25) is 9.10 Å². The molecule has 2 aromatic rings. The van der Waals surface area contributed by atoms with Gasteiger partial charge < -0.3 is 10.1 Å². The average Bonchev–Trinajstić information content (AvgIpc) is 2.67. The zero-order valence-electron chi connectivity index (χ0n) is 16.0. The molecule has 0 saturated carbocycles. The van der Waals surface area contributed by atoms with Crippen molar-refractivity contribution >= 4 is 33.2 Å². The lowest BCUT2D eigenvalue weighted by molar-refractivity contribution is -0.119. The highest BCUT2D eigenvalue weighted by molar-refractivity contribution is 7.92. The predicted molar refractivity (Wildman–Crippen MR) is 112 cm³/mol. The Bertz CT molecular complexity index is 868. The lowest BCUT2D eigenvalue weighted by Crippen LogP contribution is -2.41. The number of unbranched alkanes of at least 4 members (excludes halogenated alkanes) is 1. The molecule has 0 atom stereocenters. The molecular weight excluding hydrogens is 400 g/mol. The summed E-state index contributed by atoms with van der Waals surface area (Å²) in [5, 5.41) is 3.19. The number of nitrogens with one attached hydrogen (secondary N) is 1. The number of hydrogen-bond acceptors (Lipinski definition) is 4. The van der Waals surface area contributed by atoms with E-state index >= 15 is 0 Å². The van der Waals surface area contributed by atoms with Gasteiger partial charge in [0.15, 0.2) is 0 Å². The van der Waals surface area contributed by atoms with Crippen LogP contribution in [0.3, 0.4) is 0 Å². The number of anilines is 1. The van der Waals surface area contributed by atoms with Crippen molar-refractivity contribution in [3.05, 3.63) is 53.6 Å². The van der Waals surface area contributed by atoms with Gasteiger partial charge in [0.05, 0.1) is 17.2 Å². The Labute approximate surface area is 171 Å². The molecule has 0 fully saturated rings. The zero-order chi connectivity index (χ0) is 20.6. The average molecular weight is 425 g/mol. The molecule has 0 aromatic heterocycles. The van der Waals surface area contributed by atoms with E-state index < -0.39 is 10.0 Å². The molecule has 0 bridgehead atoms. The minimum absolute atomic E-state index is 0.0622. The number of halogens is 1. The Kier molecular flexibility index (Phi) is 8.14. The maximum absolute atomic E-state index is 13.2. The largest absolute Gasteiger partial charge is 0.494 e. The van der Waals surface area contributed by atoms with Gasteiger partial charge >= 0.3 is 0 Å². The van der Waals surface area contributed by atoms with E-state index in [0.717, 1.165) is 17.1 Å². The van der Waals surface area contributed by atoms with Gasteiger partial charge in [-0.25, -0.2) is 8.42 Å². The fourth-order valence-electron chi connectivity index (χ4n) is 2.52. The summed E-state index contributed by atoms with van der Waals surface area (Å²) in [5.74, 6) is 0.266. The molecule has 0 saturated heterocycles. The lowest BCUT2D eigenvalue weighted by Gasteiger charge is -2.24. The van der Waals surface area contributed by atoms with Crippen LogP contribution in [-0.4, -0.2) is 34.0 Å². The molecule has 0 heterocycles. The maximum atomic E-state index is 13.2. The van der Waals surface area contributed by atoms with E-state index in [-0.39, 0.29) is 17.3 Å². The third-order valence-corrected chi connectivity index (χ3v) is 6.02. The van der Waals surface area contributed by atoms with Crippen LogP contribution in [0.2, 0.25) is 5.02 Å². The number of ether oxygens (including phenoxy) is 1. The van der Waals surface area contributed by atoms with Crippen LogP contribution in [0.15, 0.2) is 53.4 Å². The third kappa shape index (κ3) is 5.87. The van der Waals surface area contributed by atoms with Gasteiger partial charge in [-0.05, 0) is 61.9 Å². The SMILES string of the molecule is CCCCNC(=O)CN(c1ccc(OCC)cc1)S(=O)(=O)c1ccc(Cl)cc1. The van der Waals surface area contributed by atoms with Crippen molar-refractivity contribution in [1.29, 1.82) is 0 Å². The first-order chi connectivity index (χ1) is 13.4. The summed E-state index contributed by atoms with van der Waals surface area (Å²) in [7, 11) is -3.95. The van der Waals surface area contributed by atoms with Gasteiger partial charge in [0, 0.05) is 11.6 Å². The highest BCUT2D eigenvalue weighted by atomic mass is 35.5. The molecule has 6 nitrogen and oxygen atoms in total. The molecule has 152 valence electrons. The lowest BCUT2D eigenvalue weighted by atomic mass is 10.3. The van der Waals surface area contributed by atoms with Gasteiger partial charge in [0.1, 0.15) is 12.3 Å². The van der Waals surface area contributed by atoms with Crippen LogP contribution in [0, 0.1) is 0 Å². The molecule has 2 aromatic carbocycles. The Morgan fingerprint density at radius 3 is 2.29 bits per heavy atom. The van der Waals surface area contributed by atoms with Crippen molar-refractivity contribution < 1.29 is 17.9 Å². The first-order valence-corrected chi connectivity index (χ1v) is 11.0. The van der Waals surface area contributed by atoms with E-state index in [2.05, 4.69) is 5.32 Å². The van der Waals surface area contributed by atoms with Crippen LogP contribution in [0.1, 0.15) is 26.7 Å². The number of carbonyl (C=O) groups is 1. The van der Waals surface area contributed by atoms with Crippen LogP contribution < -0.4 is 14.4 Å². The van der Waals surface area contributed by atoms with Crippen molar-refractivity contribution in [3.63, 3.8) is 0 Å². The Morgan fingerprint density at radius 1 is 1.07 bits per heavy atom. The van der Waals surface area contributed by atoms with Gasteiger partial charge in [0.2, 0.25) is 5.91 Å². The molecule has 8 heteroatoms. The van der Waals surface area contributed by atoms with E-state index in [9.17, 15) is 13.2 Å². The van der Waals surface area contributed by atoms with Crippen molar-refractivity contribution in [3.8, 4) is 5.75 Å². The molecule has 0 aliphatic heterocycles. The topological polar surface area (TPSA) is 75.7 Å². The number of sulfonamides is 1. The summed E-state index contributed by atoms with van der Waals surface area (Å²) < 4.78 is 32.9. The number of carbonyl (C=O) groups excluding carboxylic acids is 1. The molecule has 0 aliphatic rings. The molecular formula is C20H25ClN2O4S. The summed E-state index contributed by atoms with van der Waals surface area (Å²) in [6, 6.07) is 12.5. The number of amides is 1. The Morgan fingerprint density at radius 2 is 1.71 bits per heavy atom. The van der Waals surface area contributed by atoms with Gasteiger partial charge in [-0.1, -0.05) is 24.9 Å². The van der Waals surface area contributed by atoms with Crippen LogP contribution >= 0.6 is 11.6 Å². The second-order valence-electron chi connectivity index (χ2n) is 6.10. The van der Waals surface area contributed by atoms with Gasteiger partial charge in [-0.2, -0.15) is 0 Å². The summed E-state index contributed by atoms with van der Waals surface area (Å²) in [6.45, 7) is 4.58. The minimum Gasteiger partial charge on any atom is -0.494 e. The van der Waals surface area contributed by atoms with Gasteiger partial charge in [-0.15, -0.1) is 0 Å². The van der Waals surface area contributed by atoms with E-state index in [1.807, 2.05) is 13.8 Å². The standard InChI is InChI=1S/C20H25ClN2O4S/c1-3-5-14-22-20(24)15-23(17-8-10-18(11-9-17)27-4-2)28(25,26)19-12-6-16(21)7-13-19/h6-13H,3-5,14-15H2,1-2H3,(H,22,24). The Balaban J connectivity index is 2.34.